The number of hydrogen-bond donors (Lipinski definition) is 1. The van der Waals surface area contributed by atoms with Gasteiger partial charge in [0.2, 0.25) is 0 Å². The van der Waals surface area contributed by atoms with E-state index in [1.54, 1.807) is 24.3 Å². The molecule has 1 N–H and O–H groups in total. The number of carbonyl (C=O) groups excluding carboxylic acids is 3. The molecule has 1 saturated heterocycles. The highest BCUT2D eigenvalue weighted by molar-refractivity contribution is 9.10. The molecular formula is C18H15BrN2O4S. The Kier molecular flexibility index (Phi) is 5.63. The van der Waals surface area contributed by atoms with Gasteiger partial charge in [0.25, 0.3) is 11.1 Å². The normalized spacial score (nSPS) is 16.7. The Balaban J connectivity index is 1.66. The number of benzene rings is 2. The lowest BCUT2D eigenvalue weighted by molar-refractivity contribution is -0.126. The Labute approximate surface area is 163 Å². The highest BCUT2D eigenvalue weighted by Gasteiger charge is 2.39. The van der Waals surface area contributed by atoms with Gasteiger partial charge < -0.3 is 10.1 Å². The maximum Gasteiger partial charge on any atom is 0.337 e. The van der Waals surface area contributed by atoms with Crippen LogP contribution in [0.25, 0.3) is 0 Å². The van der Waals surface area contributed by atoms with Gasteiger partial charge in [-0.25, -0.2) is 4.79 Å². The van der Waals surface area contributed by atoms with Gasteiger partial charge in [-0.15, -0.1) is 0 Å². The molecule has 2 aromatic rings. The minimum atomic E-state index is -0.693. The van der Waals surface area contributed by atoms with Gasteiger partial charge in [-0.05, 0) is 53.7 Å². The molecule has 2 aromatic carbocycles. The number of carbonyl (C=O) groups is 3. The van der Waals surface area contributed by atoms with Crippen molar-refractivity contribution >= 4 is 50.5 Å². The Morgan fingerprint density at radius 1 is 1.15 bits per heavy atom. The van der Waals surface area contributed by atoms with E-state index in [1.165, 1.54) is 12.0 Å². The van der Waals surface area contributed by atoms with E-state index in [4.69, 9.17) is 0 Å². The second-order valence-corrected chi connectivity index (χ2v) is 7.50. The van der Waals surface area contributed by atoms with Gasteiger partial charge in [-0.3, -0.25) is 14.5 Å². The number of hydrogen-bond acceptors (Lipinski definition) is 6. The predicted molar refractivity (Wildman–Crippen MR) is 103 cm³/mol. The van der Waals surface area contributed by atoms with Gasteiger partial charge >= 0.3 is 5.97 Å². The zero-order chi connectivity index (χ0) is 18.7. The van der Waals surface area contributed by atoms with Crippen LogP contribution in [-0.2, 0) is 16.1 Å². The van der Waals surface area contributed by atoms with Crippen LogP contribution in [0.1, 0.15) is 15.9 Å². The van der Waals surface area contributed by atoms with Crippen LogP contribution < -0.4 is 5.32 Å². The second kappa shape index (κ2) is 7.92. The molecule has 1 heterocycles. The van der Waals surface area contributed by atoms with E-state index in [0.29, 0.717) is 11.3 Å². The monoisotopic (exact) mass is 434 g/mol. The average Bonchev–Trinajstić information content (AvgIpc) is 2.91. The molecule has 134 valence electrons. The fourth-order valence-electron chi connectivity index (χ4n) is 2.42. The molecule has 0 bridgehead atoms. The van der Waals surface area contributed by atoms with Gasteiger partial charge in [-0.2, -0.15) is 0 Å². The third-order valence-electron chi connectivity index (χ3n) is 3.79. The van der Waals surface area contributed by atoms with Crippen LogP contribution in [0.4, 0.5) is 10.5 Å². The van der Waals surface area contributed by atoms with Crippen LogP contribution in [0, 0.1) is 0 Å². The van der Waals surface area contributed by atoms with E-state index in [1.807, 2.05) is 24.3 Å². The van der Waals surface area contributed by atoms with Crippen molar-refractivity contribution in [3.8, 4) is 0 Å². The molecular weight excluding hydrogens is 420 g/mol. The first-order chi connectivity index (χ1) is 12.5. The van der Waals surface area contributed by atoms with E-state index in [2.05, 4.69) is 26.0 Å². The Bertz CT molecular complexity index is 839. The van der Waals surface area contributed by atoms with Gasteiger partial charge in [0.1, 0.15) is 0 Å². The van der Waals surface area contributed by atoms with E-state index in [9.17, 15) is 14.4 Å². The number of methoxy groups -OCH3 is 1. The van der Waals surface area contributed by atoms with Crippen LogP contribution in [-0.4, -0.2) is 34.5 Å². The molecule has 1 atom stereocenters. The third kappa shape index (κ3) is 4.08. The summed E-state index contributed by atoms with van der Waals surface area (Å²) in [6.45, 7) is 0.234. The number of thioether (sulfide) groups is 1. The summed E-state index contributed by atoms with van der Waals surface area (Å²) in [5, 5.41) is 2.04. The number of esters is 1. The Morgan fingerprint density at radius 3 is 2.42 bits per heavy atom. The summed E-state index contributed by atoms with van der Waals surface area (Å²) in [7, 11) is 1.31. The summed E-state index contributed by atoms with van der Waals surface area (Å²) in [5.74, 6) is -0.723. The summed E-state index contributed by atoms with van der Waals surface area (Å²) < 4.78 is 5.58. The summed E-state index contributed by atoms with van der Waals surface area (Å²) in [6.07, 6.45) is 0. The lowest BCUT2D eigenvalue weighted by Crippen LogP contribution is -2.33. The molecule has 0 saturated carbocycles. The first-order valence-electron chi connectivity index (χ1n) is 7.69. The zero-order valence-electron chi connectivity index (χ0n) is 13.8. The Hall–Kier alpha value is -2.32. The predicted octanol–water partition coefficient (Wildman–Crippen LogP) is 3.87. The number of amides is 2. The summed E-state index contributed by atoms with van der Waals surface area (Å²) >= 11 is 4.30. The molecule has 0 aliphatic carbocycles. The van der Waals surface area contributed by atoms with Crippen molar-refractivity contribution in [3.63, 3.8) is 0 Å². The SMILES string of the molecule is COC(=O)c1ccc(N[C@H]2SC(=O)N(Cc3ccc(Br)cc3)C2=O)cc1. The van der Waals surface area contributed by atoms with Gasteiger partial charge in [0.05, 0.1) is 19.2 Å². The minimum Gasteiger partial charge on any atom is -0.465 e. The summed E-state index contributed by atoms with van der Waals surface area (Å²) in [4.78, 5) is 37.4. The van der Waals surface area contributed by atoms with Crippen LogP contribution in [0.15, 0.2) is 53.0 Å². The molecule has 0 aromatic heterocycles. The molecule has 0 spiro atoms. The molecule has 3 rings (SSSR count). The highest BCUT2D eigenvalue weighted by atomic mass is 79.9. The van der Waals surface area contributed by atoms with Gasteiger partial charge in [-0.1, -0.05) is 28.1 Å². The molecule has 2 amide bonds. The van der Waals surface area contributed by atoms with Crippen molar-refractivity contribution in [2.24, 2.45) is 0 Å². The third-order valence-corrected chi connectivity index (χ3v) is 5.29. The van der Waals surface area contributed by atoms with Gasteiger partial charge in [0, 0.05) is 10.2 Å². The molecule has 1 aliphatic rings. The second-order valence-electron chi connectivity index (χ2n) is 5.53. The standard InChI is InChI=1S/C18H15BrN2O4S/c1-25-17(23)12-4-8-14(9-5-12)20-15-16(22)21(18(24)26-15)10-11-2-6-13(19)7-3-11/h2-9,15,20H,10H2,1H3/t15-/m0/s1. The molecule has 0 radical (unpaired) electrons. The topological polar surface area (TPSA) is 75.7 Å². The van der Waals surface area contributed by atoms with Crippen LogP contribution in [0.2, 0.25) is 0 Å². The number of rotatable bonds is 5. The lowest BCUT2D eigenvalue weighted by atomic mass is 10.2. The molecule has 0 unspecified atom stereocenters. The highest BCUT2D eigenvalue weighted by Crippen LogP contribution is 2.29. The van der Waals surface area contributed by atoms with E-state index < -0.39 is 11.3 Å². The first kappa shape index (κ1) is 18.5. The number of halogens is 1. The van der Waals surface area contributed by atoms with Crippen LogP contribution in [0.5, 0.6) is 0 Å². The first-order valence-corrected chi connectivity index (χ1v) is 9.36. The number of nitrogens with one attached hydrogen (secondary N) is 1. The maximum absolute atomic E-state index is 12.6. The quantitative estimate of drug-likeness (QED) is 0.719. The fourth-order valence-corrected chi connectivity index (χ4v) is 3.59. The van der Waals surface area contributed by atoms with Crippen molar-refractivity contribution < 1.29 is 19.1 Å². The van der Waals surface area contributed by atoms with Gasteiger partial charge in [0.15, 0.2) is 5.37 Å². The van der Waals surface area contributed by atoms with Crippen molar-refractivity contribution in [2.75, 3.05) is 12.4 Å². The van der Waals surface area contributed by atoms with E-state index >= 15 is 0 Å². The average molecular weight is 435 g/mol. The number of ether oxygens (including phenoxy) is 1. The summed E-state index contributed by atoms with van der Waals surface area (Å²) in [6, 6.07) is 14.0. The lowest BCUT2D eigenvalue weighted by Gasteiger charge is -2.15. The smallest absolute Gasteiger partial charge is 0.337 e. The molecule has 1 fully saturated rings. The number of nitrogens with zero attached hydrogens (tertiary/aromatic N) is 1. The molecule has 6 nitrogen and oxygen atoms in total. The zero-order valence-corrected chi connectivity index (χ0v) is 16.2. The molecule has 1 aliphatic heterocycles. The maximum atomic E-state index is 12.6. The van der Waals surface area contributed by atoms with E-state index in [-0.39, 0.29) is 17.7 Å². The Morgan fingerprint density at radius 2 is 1.81 bits per heavy atom. The fraction of sp³-hybridized carbons (Fsp3) is 0.167. The van der Waals surface area contributed by atoms with Crippen molar-refractivity contribution in [2.45, 2.75) is 11.9 Å². The molecule has 8 heteroatoms. The van der Waals surface area contributed by atoms with Crippen LogP contribution >= 0.6 is 27.7 Å². The van der Waals surface area contributed by atoms with E-state index in [0.717, 1.165) is 21.8 Å². The minimum absolute atomic E-state index is 0.234. The van der Waals surface area contributed by atoms with Crippen LogP contribution in [0.3, 0.4) is 0 Å². The van der Waals surface area contributed by atoms with Crippen molar-refractivity contribution in [1.29, 1.82) is 0 Å². The summed E-state index contributed by atoms with van der Waals surface area (Å²) in [5.41, 5.74) is 1.93. The largest absolute Gasteiger partial charge is 0.465 e. The number of anilines is 1. The van der Waals surface area contributed by atoms with Crippen molar-refractivity contribution in [3.05, 3.63) is 64.1 Å². The van der Waals surface area contributed by atoms with Crippen molar-refractivity contribution in [1.82, 2.24) is 4.90 Å². The molecule has 26 heavy (non-hydrogen) atoms. The number of imide groups is 1.